The van der Waals surface area contributed by atoms with Crippen molar-refractivity contribution < 1.29 is 19.0 Å². The highest BCUT2D eigenvalue weighted by Crippen LogP contribution is 2.32. The van der Waals surface area contributed by atoms with E-state index in [4.69, 9.17) is 14.2 Å². The van der Waals surface area contributed by atoms with E-state index in [1.165, 1.54) is 0 Å². The quantitative estimate of drug-likeness (QED) is 0.574. The van der Waals surface area contributed by atoms with E-state index in [1.807, 2.05) is 66.7 Å². The molecule has 2 aromatic carbocycles. The van der Waals surface area contributed by atoms with Gasteiger partial charge in [-0.3, -0.25) is 9.69 Å². The van der Waals surface area contributed by atoms with Crippen LogP contribution < -0.4 is 9.64 Å². The molecule has 1 aliphatic heterocycles. The Kier molecular flexibility index (Phi) is 5.48. The molecule has 130 valence electrons. The standard InChI is InChI=1S/C20H21NO4/c1-23-14-25-19-18(13-8-15-6-4-3-5-7-15)21(20(19)22)16-9-11-17(24-2)12-10-16/h3-13,18-19H,14H2,1-2H3/b13-8+/t18-,19?/m0/s1. The van der Waals surface area contributed by atoms with Gasteiger partial charge < -0.3 is 14.2 Å². The average Bonchev–Trinajstić information content (AvgIpc) is 2.66. The summed E-state index contributed by atoms with van der Waals surface area (Å²) in [4.78, 5) is 14.2. The van der Waals surface area contributed by atoms with Crippen molar-refractivity contribution in [2.75, 3.05) is 25.9 Å². The van der Waals surface area contributed by atoms with Crippen LogP contribution >= 0.6 is 0 Å². The lowest BCUT2D eigenvalue weighted by Gasteiger charge is -2.45. The summed E-state index contributed by atoms with van der Waals surface area (Å²) in [5, 5.41) is 0. The van der Waals surface area contributed by atoms with Crippen molar-refractivity contribution in [1.29, 1.82) is 0 Å². The van der Waals surface area contributed by atoms with Crippen molar-refractivity contribution in [2.24, 2.45) is 0 Å². The Labute approximate surface area is 147 Å². The summed E-state index contributed by atoms with van der Waals surface area (Å²) in [7, 11) is 3.16. The number of rotatable bonds is 7. The lowest BCUT2D eigenvalue weighted by molar-refractivity contribution is -0.151. The Bertz CT molecular complexity index is 727. The van der Waals surface area contributed by atoms with Crippen molar-refractivity contribution in [3.8, 4) is 5.75 Å². The lowest BCUT2D eigenvalue weighted by atomic mass is 9.95. The summed E-state index contributed by atoms with van der Waals surface area (Å²) < 4.78 is 15.7. The Morgan fingerprint density at radius 2 is 1.76 bits per heavy atom. The zero-order valence-electron chi connectivity index (χ0n) is 14.3. The Morgan fingerprint density at radius 1 is 1.04 bits per heavy atom. The van der Waals surface area contributed by atoms with Crippen LogP contribution in [-0.2, 0) is 14.3 Å². The molecule has 0 aromatic heterocycles. The van der Waals surface area contributed by atoms with Gasteiger partial charge in [-0.25, -0.2) is 0 Å². The topological polar surface area (TPSA) is 48.0 Å². The second kappa shape index (κ2) is 7.96. The van der Waals surface area contributed by atoms with Gasteiger partial charge in [-0.2, -0.15) is 0 Å². The number of amides is 1. The molecule has 1 fully saturated rings. The molecule has 0 spiro atoms. The van der Waals surface area contributed by atoms with Crippen LogP contribution in [0.3, 0.4) is 0 Å². The minimum absolute atomic E-state index is 0.0788. The van der Waals surface area contributed by atoms with Crippen molar-refractivity contribution in [3.05, 3.63) is 66.2 Å². The third-order valence-corrected chi connectivity index (χ3v) is 4.09. The van der Waals surface area contributed by atoms with Gasteiger partial charge in [0.15, 0.2) is 6.10 Å². The van der Waals surface area contributed by atoms with E-state index in [2.05, 4.69) is 0 Å². The number of hydrogen-bond acceptors (Lipinski definition) is 4. The smallest absolute Gasteiger partial charge is 0.259 e. The zero-order valence-corrected chi connectivity index (χ0v) is 14.3. The normalized spacial score (nSPS) is 19.9. The van der Waals surface area contributed by atoms with Gasteiger partial charge in [0.2, 0.25) is 0 Å². The highest BCUT2D eigenvalue weighted by Gasteiger charge is 2.47. The molecule has 0 radical (unpaired) electrons. The van der Waals surface area contributed by atoms with Gasteiger partial charge in [-0.15, -0.1) is 0 Å². The Balaban J connectivity index is 1.82. The fourth-order valence-electron chi connectivity index (χ4n) is 2.80. The molecule has 25 heavy (non-hydrogen) atoms. The minimum atomic E-state index is -0.540. The van der Waals surface area contributed by atoms with E-state index >= 15 is 0 Å². The minimum Gasteiger partial charge on any atom is -0.497 e. The summed E-state index contributed by atoms with van der Waals surface area (Å²) in [6, 6.07) is 17.2. The first-order valence-corrected chi connectivity index (χ1v) is 8.05. The number of carbonyl (C=O) groups excluding carboxylic acids is 1. The molecule has 1 heterocycles. The maximum Gasteiger partial charge on any atom is 0.259 e. The van der Waals surface area contributed by atoms with Crippen LogP contribution in [-0.4, -0.2) is 39.1 Å². The SMILES string of the molecule is COCOC1C(=O)N(c2ccc(OC)cc2)[C@H]1/C=C/c1ccccc1. The molecular weight excluding hydrogens is 318 g/mol. The second-order valence-corrected chi connectivity index (χ2v) is 5.66. The summed E-state index contributed by atoms with van der Waals surface area (Å²) in [6.07, 6.45) is 3.44. The fraction of sp³-hybridized carbons (Fsp3) is 0.250. The first kappa shape index (κ1) is 17.2. The molecule has 0 aliphatic carbocycles. The van der Waals surface area contributed by atoms with Crippen LogP contribution in [0.15, 0.2) is 60.7 Å². The van der Waals surface area contributed by atoms with Crippen LogP contribution in [0, 0.1) is 0 Å². The molecule has 5 heteroatoms. The molecule has 5 nitrogen and oxygen atoms in total. The molecule has 0 N–H and O–H groups in total. The number of methoxy groups -OCH3 is 2. The van der Waals surface area contributed by atoms with Gasteiger partial charge in [0.05, 0.1) is 13.2 Å². The molecule has 2 aromatic rings. The Morgan fingerprint density at radius 3 is 2.40 bits per heavy atom. The molecule has 1 amide bonds. The van der Waals surface area contributed by atoms with E-state index in [0.717, 1.165) is 17.0 Å². The Hall–Kier alpha value is -2.63. The van der Waals surface area contributed by atoms with E-state index in [9.17, 15) is 4.79 Å². The van der Waals surface area contributed by atoms with Gasteiger partial charge in [-0.1, -0.05) is 42.5 Å². The maximum absolute atomic E-state index is 12.5. The van der Waals surface area contributed by atoms with Gasteiger partial charge in [0, 0.05) is 12.8 Å². The maximum atomic E-state index is 12.5. The molecular formula is C20H21NO4. The van der Waals surface area contributed by atoms with E-state index < -0.39 is 6.10 Å². The van der Waals surface area contributed by atoms with Crippen molar-refractivity contribution in [2.45, 2.75) is 12.1 Å². The third-order valence-electron chi connectivity index (χ3n) is 4.09. The largest absolute Gasteiger partial charge is 0.497 e. The molecule has 0 saturated carbocycles. The summed E-state index contributed by atoms with van der Waals surface area (Å²) in [6.45, 7) is 0.0858. The van der Waals surface area contributed by atoms with Gasteiger partial charge in [-0.05, 0) is 29.8 Å². The summed E-state index contributed by atoms with van der Waals surface area (Å²) in [5.74, 6) is 0.671. The van der Waals surface area contributed by atoms with Crippen molar-refractivity contribution in [1.82, 2.24) is 0 Å². The van der Waals surface area contributed by atoms with Crippen LogP contribution in [0.2, 0.25) is 0 Å². The third kappa shape index (κ3) is 3.73. The number of ether oxygens (including phenoxy) is 3. The molecule has 3 rings (SSSR count). The molecule has 1 aliphatic rings. The van der Waals surface area contributed by atoms with Gasteiger partial charge in [0.25, 0.3) is 5.91 Å². The van der Waals surface area contributed by atoms with Crippen LogP contribution in [0.4, 0.5) is 5.69 Å². The first-order chi connectivity index (χ1) is 12.2. The van der Waals surface area contributed by atoms with Gasteiger partial charge >= 0.3 is 0 Å². The van der Waals surface area contributed by atoms with Crippen LogP contribution in [0.25, 0.3) is 6.08 Å². The van der Waals surface area contributed by atoms with Crippen LogP contribution in [0.1, 0.15) is 5.56 Å². The van der Waals surface area contributed by atoms with Crippen molar-refractivity contribution in [3.63, 3.8) is 0 Å². The number of carbonyl (C=O) groups is 1. The molecule has 2 atom stereocenters. The number of hydrogen-bond donors (Lipinski definition) is 0. The second-order valence-electron chi connectivity index (χ2n) is 5.66. The predicted molar refractivity (Wildman–Crippen MR) is 96.5 cm³/mol. The summed E-state index contributed by atoms with van der Waals surface area (Å²) in [5.41, 5.74) is 1.88. The lowest BCUT2D eigenvalue weighted by Crippen LogP contribution is -2.65. The number of anilines is 1. The molecule has 1 saturated heterocycles. The van der Waals surface area contributed by atoms with Crippen LogP contribution in [0.5, 0.6) is 5.75 Å². The molecule has 1 unspecified atom stereocenters. The first-order valence-electron chi connectivity index (χ1n) is 8.05. The van der Waals surface area contributed by atoms with Crippen molar-refractivity contribution >= 4 is 17.7 Å². The number of nitrogens with zero attached hydrogens (tertiary/aromatic N) is 1. The average molecular weight is 339 g/mol. The zero-order chi connectivity index (χ0) is 17.6. The van der Waals surface area contributed by atoms with E-state index in [0.29, 0.717) is 0 Å². The summed E-state index contributed by atoms with van der Waals surface area (Å²) >= 11 is 0. The highest BCUT2D eigenvalue weighted by molar-refractivity contribution is 6.05. The predicted octanol–water partition coefficient (Wildman–Crippen LogP) is 3.11. The number of β-lactam (4-membered cyclic amide) rings is 1. The highest BCUT2D eigenvalue weighted by atomic mass is 16.7. The van der Waals surface area contributed by atoms with Gasteiger partial charge in [0.1, 0.15) is 12.5 Å². The van der Waals surface area contributed by atoms with E-state index in [-0.39, 0.29) is 18.7 Å². The molecule has 0 bridgehead atoms. The fourth-order valence-corrected chi connectivity index (χ4v) is 2.80. The number of benzene rings is 2. The monoisotopic (exact) mass is 339 g/mol. The van der Waals surface area contributed by atoms with E-state index in [1.54, 1.807) is 19.1 Å².